The first-order chi connectivity index (χ1) is 7.29. The number of para-hydroxylation sites is 1. The lowest BCUT2D eigenvalue weighted by Crippen LogP contribution is -2.03. The number of methoxy groups -OCH3 is 1. The SMILES string of the molecule is COC(=O)c1ccccc1N=CNC#N. The lowest BCUT2D eigenvalue weighted by Gasteiger charge is -2.01. The van der Waals surface area contributed by atoms with E-state index in [-0.39, 0.29) is 0 Å². The topological polar surface area (TPSA) is 74.5 Å². The van der Waals surface area contributed by atoms with Crippen LogP contribution in [0.4, 0.5) is 5.69 Å². The molecule has 0 aliphatic rings. The van der Waals surface area contributed by atoms with Gasteiger partial charge in [0.25, 0.3) is 0 Å². The Morgan fingerprint density at radius 3 is 3.00 bits per heavy atom. The standard InChI is InChI=1S/C10H9N3O2/c1-15-10(14)8-4-2-3-5-9(8)13-7-12-6-11/h2-5,7H,1H3,(H,12,13). The van der Waals surface area contributed by atoms with E-state index in [0.717, 1.165) is 0 Å². The van der Waals surface area contributed by atoms with Gasteiger partial charge in [0.1, 0.15) is 6.34 Å². The number of esters is 1. The minimum atomic E-state index is -0.459. The number of nitrogens with one attached hydrogen (secondary N) is 1. The van der Waals surface area contributed by atoms with Gasteiger partial charge in [-0.25, -0.2) is 9.79 Å². The summed E-state index contributed by atoms with van der Waals surface area (Å²) in [7, 11) is 1.30. The summed E-state index contributed by atoms with van der Waals surface area (Å²) in [5.74, 6) is -0.459. The Balaban J connectivity index is 2.97. The van der Waals surface area contributed by atoms with Crippen molar-refractivity contribution in [2.24, 2.45) is 4.99 Å². The zero-order valence-electron chi connectivity index (χ0n) is 8.10. The van der Waals surface area contributed by atoms with E-state index in [2.05, 4.69) is 15.0 Å². The number of carbonyl (C=O) groups excluding carboxylic acids is 1. The molecule has 5 nitrogen and oxygen atoms in total. The number of hydrogen-bond donors (Lipinski definition) is 1. The van der Waals surface area contributed by atoms with Gasteiger partial charge in [-0.1, -0.05) is 12.1 Å². The first-order valence-electron chi connectivity index (χ1n) is 4.14. The maximum atomic E-state index is 11.3. The maximum Gasteiger partial charge on any atom is 0.340 e. The van der Waals surface area contributed by atoms with Gasteiger partial charge in [-0.2, -0.15) is 5.26 Å². The smallest absolute Gasteiger partial charge is 0.340 e. The Kier molecular flexibility index (Phi) is 3.86. The summed E-state index contributed by atoms with van der Waals surface area (Å²) in [6.07, 6.45) is 2.90. The van der Waals surface area contributed by atoms with Gasteiger partial charge in [0.05, 0.1) is 18.4 Å². The second-order valence-corrected chi connectivity index (χ2v) is 2.52. The Hall–Kier alpha value is -2.35. The van der Waals surface area contributed by atoms with E-state index < -0.39 is 5.97 Å². The van der Waals surface area contributed by atoms with Crippen molar-refractivity contribution in [1.29, 1.82) is 5.26 Å². The summed E-state index contributed by atoms with van der Waals surface area (Å²) < 4.78 is 4.58. The fourth-order valence-corrected chi connectivity index (χ4v) is 0.999. The van der Waals surface area contributed by atoms with E-state index in [1.54, 1.807) is 30.5 Å². The molecule has 1 aromatic carbocycles. The van der Waals surface area contributed by atoms with Gasteiger partial charge in [0.15, 0.2) is 6.19 Å². The summed E-state index contributed by atoms with van der Waals surface area (Å²) in [4.78, 5) is 15.2. The third kappa shape index (κ3) is 2.81. The van der Waals surface area contributed by atoms with Gasteiger partial charge in [-0.3, -0.25) is 5.32 Å². The molecule has 0 saturated heterocycles. The lowest BCUT2D eigenvalue weighted by atomic mass is 10.2. The molecule has 0 aliphatic carbocycles. The van der Waals surface area contributed by atoms with Crippen LogP contribution >= 0.6 is 0 Å². The number of carbonyl (C=O) groups is 1. The molecule has 76 valence electrons. The molecule has 1 rings (SSSR count). The first kappa shape index (κ1) is 10.7. The Morgan fingerprint density at radius 2 is 2.33 bits per heavy atom. The minimum Gasteiger partial charge on any atom is -0.465 e. The molecule has 0 saturated carbocycles. The predicted octanol–water partition coefficient (Wildman–Crippen LogP) is 1.20. The Labute approximate surface area is 87.0 Å². The highest BCUT2D eigenvalue weighted by Crippen LogP contribution is 2.18. The molecule has 15 heavy (non-hydrogen) atoms. The molecule has 0 aromatic heterocycles. The van der Waals surface area contributed by atoms with Crippen LogP contribution in [-0.2, 0) is 4.74 Å². The van der Waals surface area contributed by atoms with Crippen molar-refractivity contribution >= 4 is 18.0 Å². The summed E-state index contributed by atoms with van der Waals surface area (Å²) in [5, 5.41) is 10.5. The largest absolute Gasteiger partial charge is 0.465 e. The molecule has 0 heterocycles. The third-order valence-corrected chi connectivity index (χ3v) is 1.64. The number of ether oxygens (including phenoxy) is 1. The van der Waals surface area contributed by atoms with E-state index in [0.29, 0.717) is 11.3 Å². The van der Waals surface area contributed by atoms with Crippen LogP contribution in [-0.4, -0.2) is 19.4 Å². The van der Waals surface area contributed by atoms with Gasteiger partial charge in [0.2, 0.25) is 0 Å². The molecule has 0 atom stereocenters. The molecular formula is C10H9N3O2. The van der Waals surface area contributed by atoms with Gasteiger partial charge in [-0.05, 0) is 12.1 Å². The highest BCUT2D eigenvalue weighted by Gasteiger charge is 2.09. The van der Waals surface area contributed by atoms with Crippen LogP contribution < -0.4 is 5.32 Å². The number of benzene rings is 1. The van der Waals surface area contributed by atoms with Crippen molar-refractivity contribution in [2.45, 2.75) is 0 Å². The highest BCUT2D eigenvalue weighted by molar-refractivity contribution is 5.95. The Morgan fingerprint density at radius 1 is 1.60 bits per heavy atom. The fourth-order valence-electron chi connectivity index (χ4n) is 0.999. The molecule has 0 unspecified atom stereocenters. The van der Waals surface area contributed by atoms with Crippen LogP contribution in [0.25, 0.3) is 0 Å². The molecule has 1 aromatic rings. The number of nitriles is 1. The number of rotatable bonds is 3. The monoisotopic (exact) mass is 203 g/mol. The second-order valence-electron chi connectivity index (χ2n) is 2.52. The third-order valence-electron chi connectivity index (χ3n) is 1.64. The summed E-state index contributed by atoms with van der Waals surface area (Å²) in [5.41, 5.74) is 0.808. The molecule has 0 radical (unpaired) electrons. The van der Waals surface area contributed by atoms with Crippen molar-refractivity contribution in [1.82, 2.24) is 5.32 Å². The number of aliphatic imine (C=N–C) groups is 1. The molecular weight excluding hydrogens is 194 g/mol. The quantitative estimate of drug-likeness (QED) is 0.263. The van der Waals surface area contributed by atoms with Crippen LogP contribution in [0.3, 0.4) is 0 Å². The van der Waals surface area contributed by atoms with E-state index in [4.69, 9.17) is 5.26 Å². The van der Waals surface area contributed by atoms with Crippen molar-refractivity contribution in [3.05, 3.63) is 29.8 Å². The average Bonchev–Trinajstić information content (AvgIpc) is 2.29. The predicted molar refractivity (Wildman–Crippen MR) is 54.7 cm³/mol. The van der Waals surface area contributed by atoms with E-state index in [1.165, 1.54) is 13.4 Å². The van der Waals surface area contributed by atoms with E-state index in [9.17, 15) is 4.79 Å². The van der Waals surface area contributed by atoms with Crippen LogP contribution in [0.2, 0.25) is 0 Å². The number of nitrogens with zero attached hydrogens (tertiary/aromatic N) is 2. The first-order valence-corrected chi connectivity index (χ1v) is 4.14. The van der Waals surface area contributed by atoms with Gasteiger partial charge < -0.3 is 4.74 Å². The van der Waals surface area contributed by atoms with Gasteiger partial charge >= 0.3 is 5.97 Å². The highest BCUT2D eigenvalue weighted by atomic mass is 16.5. The van der Waals surface area contributed by atoms with Gasteiger partial charge in [-0.15, -0.1) is 0 Å². The second kappa shape index (κ2) is 5.40. The molecule has 0 spiro atoms. The van der Waals surface area contributed by atoms with Crippen LogP contribution in [0, 0.1) is 11.5 Å². The van der Waals surface area contributed by atoms with E-state index in [1.807, 2.05) is 0 Å². The molecule has 0 bridgehead atoms. The van der Waals surface area contributed by atoms with Gasteiger partial charge in [0, 0.05) is 0 Å². The molecule has 0 fully saturated rings. The van der Waals surface area contributed by atoms with Crippen LogP contribution in [0.5, 0.6) is 0 Å². The van der Waals surface area contributed by atoms with Crippen molar-refractivity contribution in [3.63, 3.8) is 0 Å². The molecule has 0 aliphatic heterocycles. The maximum absolute atomic E-state index is 11.3. The van der Waals surface area contributed by atoms with Crippen LogP contribution in [0.15, 0.2) is 29.3 Å². The zero-order valence-corrected chi connectivity index (χ0v) is 8.10. The van der Waals surface area contributed by atoms with Crippen molar-refractivity contribution in [2.75, 3.05) is 7.11 Å². The molecule has 1 N–H and O–H groups in total. The summed E-state index contributed by atoms with van der Waals surface area (Å²) in [6.45, 7) is 0. The number of hydrogen-bond acceptors (Lipinski definition) is 4. The van der Waals surface area contributed by atoms with E-state index >= 15 is 0 Å². The molecule has 5 heteroatoms. The molecule has 0 amide bonds. The summed E-state index contributed by atoms with van der Waals surface area (Å²) in [6, 6.07) is 6.71. The van der Waals surface area contributed by atoms with Crippen molar-refractivity contribution < 1.29 is 9.53 Å². The normalized spacial score (nSPS) is 9.60. The average molecular weight is 203 g/mol. The van der Waals surface area contributed by atoms with Crippen LogP contribution in [0.1, 0.15) is 10.4 Å². The Bertz CT molecular complexity index is 421. The van der Waals surface area contributed by atoms with Crippen molar-refractivity contribution in [3.8, 4) is 6.19 Å². The fraction of sp³-hybridized carbons (Fsp3) is 0.100. The summed E-state index contributed by atoms with van der Waals surface area (Å²) >= 11 is 0. The minimum absolute atomic E-state index is 0.357. The lowest BCUT2D eigenvalue weighted by molar-refractivity contribution is 0.0602. The zero-order chi connectivity index (χ0) is 11.1.